The molecule has 1 aliphatic heterocycles. The Morgan fingerprint density at radius 2 is 2.28 bits per heavy atom. The van der Waals surface area contributed by atoms with Crippen molar-refractivity contribution in [1.82, 2.24) is 10.6 Å². The first-order valence-corrected chi connectivity index (χ1v) is 7.47. The number of aryl methyl sites for hydroxylation is 2. The third-order valence-corrected chi connectivity index (χ3v) is 4.26. The Morgan fingerprint density at radius 3 is 2.94 bits per heavy atom. The van der Waals surface area contributed by atoms with Gasteiger partial charge in [0.2, 0.25) is 5.91 Å². The number of hydrogen-bond acceptors (Lipinski definition) is 3. The number of carbonyl (C=O) groups is 1. The molecule has 3 nitrogen and oxygen atoms in total. The van der Waals surface area contributed by atoms with E-state index in [1.54, 1.807) is 11.8 Å². The van der Waals surface area contributed by atoms with E-state index in [-0.39, 0.29) is 11.9 Å². The summed E-state index contributed by atoms with van der Waals surface area (Å²) >= 11 is 1.77. The number of nitrogens with one attached hydrogen (secondary N) is 2. The lowest BCUT2D eigenvalue weighted by Crippen LogP contribution is -2.42. The Morgan fingerprint density at radius 1 is 1.44 bits per heavy atom. The molecule has 1 heterocycles. The second-order valence-corrected chi connectivity index (χ2v) is 5.76. The normalized spacial score (nSPS) is 18.9. The van der Waals surface area contributed by atoms with Gasteiger partial charge in [-0.25, -0.2) is 0 Å². The van der Waals surface area contributed by atoms with Crippen LogP contribution in [0, 0.1) is 13.8 Å². The van der Waals surface area contributed by atoms with Crippen molar-refractivity contribution in [1.29, 1.82) is 0 Å². The van der Waals surface area contributed by atoms with Crippen LogP contribution in [0.3, 0.4) is 0 Å². The van der Waals surface area contributed by atoms with Crippen molar-refractivity contribution in [2.24, 2.45) is 0 Å². The molecule has 18 heavy (non-hydrogen) atoms. The van der Waals surface area contributed by atoms with Gasteiger partial charge >= 0.3 is 0 Å². The highest BCUT2D eigenvalue weighted by Gasteiger charge is 2.21. The second-order valence-electron chi connectivity index (χ2n) is 4.73. The van der Waals surface area contributed by atoms with Crippen LogP contribution >= 0.6 is 11.8 Å². The molecule has 1 aromatic carbocycles. The van der Waals surface area contributed by atoms with Crippen LogP contribution in [0.2, 0.25) is 0 Å². The summed E-state index contributed by atoms with van der Waals surface area (Å²) in [6.45, 7) is 4.95. The molecule has 2 rings (SSSR count). The number of amides is 1. The van der Waals surface area contributed by atoms with E-state index in [9.17, 15) is 4.79 Å². The summed E-state index contributed by atoms with van der Waals surface area (Å²) in [7, 11) is 0. The van der Waals surface area contributed by atoms with E-state index in [0.29, 0.717) is 6.54 Å². The number of hydrogen-bond donors (Lipinski definition) is 2. The van der Waals surface area contributed by atoms with Crippen molar-refractivity contribution in [2.75, 3.05) is 18.2 Å². The summed E-state index contributed by atoms with van der Waals surface area (Å²) < 4.78 is 0. The fourth-order valence-corrected chi connectivity index (χ4v) is 2.92. The topological polar surface area (TPSA) is 41.1 Å². The molecule has 0 radical (unpaired) electrons. The largest absolute Gasteiger partial charge is 0.354 e. The zero-order chi connectivity index (χ0) is 13.0. The fourth-order valence-electron chi connectivity index (χ4n) is 1.98. The summed E-state index contributed by atoms with van der Waals surface area (Å²) in [6, 6.07) is 6.47. The van der Waals surface area contributed by atoms with E-state index in [2.05, 4.69) is 42.7 Å². The van der Waals surface area contributed by atoms with Gasteiger partial charge in [-0.1, -0.05) is 18.2 Å². The Kier molecular flexibility index (Phi) is 4.66. The molecule has 1 amide bonds. The third-order valence-electron chi connectivity index (χ3n) is 3.32. The van der Waals surface area contributed by atoms with E-state index < -0.39 is 0 Å². The molecule has 1 aliphatic rings. The van der Waals surface area contributed by atoms with Gasteiger partial charge in [-0.05, 0) is 37.0 Å². The lowest BCUT2D eigenvalue weighted by molar-refractivity contribution is -0.122. The maximum absolute atomic E-state index is 11.8. The zero-order valence-corrected chi connectivity index (χ0v) is 11.8. The summed E-state index contributed by atoms with van der Waals surface area (Å²) in [5, 5.41) is 6.16. The van der Waals surface area contributed by atoms with Crippen LogP contribution in [0.1, 0.15) is 16.7 Å². The standard InChI is InChI=1S/C14H20N2OS/c1-10-3-4-12(7-11(10)2)5-6-15-14(17)13-8-18-9-16-13/h3-4,7,13,16H,5-6,8-9H2,1-2H3,(H,15,17). The number of carbonyl (C=O) groups excluding carboxylic acids is 1. The lowest BCUT2D eigenvalue weighted by Gasteiger charge is -2.11. The molecule has 0 aromatic heterocycles. The minimum Gasteiger partial charge on any atom is -0.354 e. The summed E-state index contributed by atoms with van der Waals surface area (Å²) in [5.41, 5.74) is 3.91. The van der Waals surface area contributed by atoms with Crippen molar-refractivity contribution in [3.63, 3.8) is 0 Å². The molecular weight excluding hydrogens is 244 g/mol. The molecule has 0 saturated carbocycles. The van der Waals surface area contributed by atoms with Crippen molar-refractivity contribution in [3.05, 3.63) is 34.9 Å². The predicted molar refractivity (Wildman–Crippen MR) is 76.9 cm³/mol. The molecule has 0 bridgehead atoms. The number of rotatable bonds is 4. The quantitative estimate of drug-likeness (QED) is 0.868. The van der Waals surface area contributed by atoms with Crippen LogP contribution in [0.25, 0.3) is 0 Å². The SMILES string of the molecule is Cc1ccc(CCNC(=O)C2CSCN2)cc1C. The average molecular weight is 264 g/mol. The van der Waals surface area contributed by atoms with Crippen LogP contribution in [-0.4, -0.2) is 30.1 Å². The first kappa shape index (κ1) is 13.4. The summed E-state index contributed by atoms with van der Waals surface area (Å²) in [6.07, 6.45) is 0.896. The molecule has 98 valence electrons. The molecule has 1 atom stereocenters. The van der Waals surface area contributed by atoms with E-state index in [1.165, 1.54) is 16.7 Å². The Bertz CT molecular complexity index is 428. The minimum absolute atomic E-state index is 0.00486. The third kappa shape index (κ3) is 3.50. The van der Waals surface area contributed by atoms with Crippen molar-refractivity contribution in [2.45, 2.75) is 26.3 Å². The van der Waals surface area contributed by atoms with Crippen LogP contribution < -0.4 is 10.6 Å². The highest BCUT2D eigenvalue weighted by molar-refractivity contribution is 7.99. The first-order chi connectivity index (χ1) is 8.66. The molecule has 2 N–H and O–H groups in total. The second kappa shape index (κ2) is 6.25. The van der Waals surface area contributed by atoms with Gasteiger partial charge in [-0.2, -0.15) is 0 Å². The maximum Gasteiger partial charge on any atom is 0.238 e. The lowest BCUT2D eigenvalue weighted by atomic mass is 10.0. The van der Waals surface area contributed by atoms with Gasteiger partial charge in [0, 0.05) is 18.2 Å². The number of thioether (sulfide) groups is 1. The van der Waals surface area contributed by atoms with Crippen molar-refractivity contribution < 1.29 is 4.79 Å². The molecule has 0 aliphatic carbocycles. The van der Waals surface area contributed by atoms with Crippen LogP contribution in [-0.2, 0) is 11.2 Å². The van der Waals surface area contributed by atoms with Crippen LogP contribution in [0.15, 0.2) is 18.2 Å². The van der Waals surface area contributed by atoms with Gasteiger partial charge in [-0.3, -0.25) is 10.1 Å². The molecule has 1 fully saturated rings. The highest BCUT2D eigenvalue weighted by atomic mass is 32.2. The van der Waals surface area contributed by atoms with E-state index in [0.717, 1.165) is 18.1 Å². The monoisotopic (exact) mass is 264 g/mol. The van der Waals surface area contributed by atoms with Crippen molar-refractivity contribution >= 4 is 17.7 Å². The minimum atomic E-state index is -0.00486. The smallest absolute Gasteiger partial charge is 0.238 e. The molecular formula is C14H20N2OS. The van der Waals surface area contributed by atoms with Gasteiger partial charge in [0.1, 0.15) is 0 Å². The Balaban J connectivity index is 1.77. The van der Waals surface area contributed by atoms with E-state index >= 15 is 0 Å². The maximum atomic E-state index is 11.8. The van der Waals surface area contributed by atoms with Crippen molar-refractivity contribution in [3.8, 4) is 0 Å². The summed E-state index contributed by atoms with van der Waals surface area (Å²) in [5.74, 6) is 1.90. The first-order valence-electron chi connectivity index (χ1n) is 6.32. The Labute approximate surface area is 113 Å². The van der Waals surface area contributed by atoms with Gasteiger partial charge in [0.15, 0.2) is 0 Å². The molecule has 0 spiro atoms. The van der Waals surface area contributed by atoms with Crippen LogP contribution in [0.4, 0.5) is 0 Å². The van der Waals surface area contributed by atoms with E-state index in [1.807, 2.05) is 0 Å². The average Bonchev–Trinajstić information content (AvgIpc) is 2.87. The molecule has 1 aromatic rings. The molecule has 1 unspecified atom stereocenters. The van der Waals surface area contributed by atoms with Gasteiger partial charge in [-0.15, -0.1) is 11.8 Å². The predicted octanol–water partition coefficient (Wildman–Crippen LogP) is 1.62. The highest BCUT2D eigenvalue weighted by Crippen LogP contribution is 2.11. The molecule has 1 saturated heterocycles. The molecule has 4 heteroatoms. The zero-order valence-electron chi connectivity index (χ0n) is 11.0. The van der Waals surface area contributed by atoms with Gasteiger partial charge in [0.05, 0.1) is 6.04 Å². The summed E-state index contributed by atoms with van der Waals surface area (Å²) in [4.78, 5) is 11.8. The van der Waals surface area contributed by atoms with Crippen LogP contribution in [0.5, 0.6) is 0 Å². The van der Waals surface area contributed by atoms with E-state index in [4.69, 9.17) is 0 Å². The Hall–Kier alpha value is -1.00. The van der Waals surface area contributed by atoms with Gasteiger partial charge < -0.3 is 5.32 Å². The van der Waals surface area contributed by atoms with Gasteiger partial charge in [0.25, 0.3) is 0 Å². The fraction of sp³-hybridized carbons (Fsp3) is 0.500. The number of benzene rings is 1.